The van der Waals surface area contributed by atoms with Crippen LogP contribution in [0.3, 0.4) is 0 Å². The molecule has 1 aliphatic carbocycles. The fraction of sp³-hybridized carbons (Fsp3) is 0.219. The zero-order valence-corrected chi connectivity index (χ0v) is 22.6. The lowest BCUT2D eigenvalue weighted by Crippen LogP contribution is -2.31. The topological polar surface area (TPSA) is 116 Å². The van der Waals surface area contributed by atoms with E-state index < -0.39 is 0 Å². The van der Waals surface area contributed by atoms with Crippen molar-refractivity contribution in [2.24, 2.45) is 10.7 Å². The van der Waals surface area contributed by atoms with Crippen molar-refractivity contribution < 1.29 is 0 Å². The first-order chi connectivity index (χ1) is 19.7. The molecule has 204 valence electrons. The zero-order chi connectivity index (χ0) is 27.6. The number of nitrogens with zero attached hydrogens (tertiary/aromatic N) is 3. The maximum Gasteiger partial charge on any atom is 0.185 e. The summed E-state index contributed by atoms with van der Waals surface area (Å²) >= 11 is 0. The summed E-state index contributed by atoms with van der Waals surface area (Å²) in [5, 5.41) is 18.0. The van der Waals surface area contributed by atoms with Crippen LogP contribution in [0, 0.1) is 5.41 Å². The number of fused-ring (bicyclic) bond motifs is 2. The molecule has 0 aromatic heterocycles. The standard InChI is InChI=1S/C32H36N8/c33-32(34)37-20-10-9-18-35-19-11-21-36-27-23-31-29(22-28(27)38-24-12-3-1-4-13-24)39-26-16-7-8-17-30(26)40(31)25-14-5-2-6-15-25/h1-8,12-17,22-23,35,38H,9-11,18-21H2,(H4,33,34,37)/b36-27+. The second-order valence-electron chi connectivity index (χ2n) is 9.65. The van der Waals surface area contributed by atoms with Gasteiger partial charge in [-0.3, -0.25) is 10.4 Å². The Bertz CT molecular complexity index is 1580. The molecule has 0 saturated carbocycles. The number of hydrogen-bond acceptors (Lipinski definition) is 5. The molecule has 3 aromatic rings. The van der Waals surface area contributed by atoms with Gasteiger partial charge in [0, 0.05) is 24.5 Å². The van der Waals surface area contributed by atoms with Crippen molar-refractivity contribution in [3.63, 3.8) is 0 Å². The number of nitrogens with one attached hydrogen (secondary N) is 4. The van der Waals surface area contributed by atoms with Gasteiger partial charge >= 0.3 is 0 Å². The highest BCUT2D eigenvalue weighted by molar-refractivity contribution is 5.84. The molecule has 1 heterocycles. The molecule has 0 saturated heterocycles. The lowest BCUT2D eigenvalue weighted by atomic mass is 10.1. The number of benzene rings is 4. The van der Waals surface area contributed by atoms with E-state index in [0.717, 1.165) is 83.7 Å². The monoisotopic (exact) mass is 532 g/mol. The molecule has 0 unspecified atom stereocenters. The van der Waals surface area contributed by atoms with Gasteiger partial charge in [0.2, 0.25) is 0 Å². The molecule has 0 atom stereocenters. The van der Waals surface area contributed by atoms with Gasteiger partial charge in [-0.15, -0.1) is 0 Å². The lowest BCUT2D eigenvalue weighted by molar-refractivity contribution is 0.601. The van der Waals surface area contributed by atoms with Crippen molar-refractivity contribution in [1.82, 2.24) is 20.2 Å². The minimum Gasteiger partial charge on any atom is -0.370 e. The summed E-state index contributed by atoms with van der Waals surface area (Å²) < 4.78 is 2.27. The second kappa shape index (κ2) is 13.4. The second-order valence-corrected chi connectivity index (χ2v) is 9.65. The summed E-state index contributed by atoms with van der Waals surface area (Å²) in [7, 11) is 0. The van der Waals surface area contributed by atoms with Crippen LogP contribution in [0.4, 0.5) is 11.4 Å². The molecular formula is C32H36N8. The SMILES string of the molecule is N=C(N)NCCCCNCCC/N=c1\cc2n(-c3ccccc3)c3ccccc3nc-2cc1Nc1ccccc1. The van der Waals surface area contributed by atoms with E-state index in [-0.39, 0.29) is 5.96 Å². The number of aromatic nitrogens is 2. The van der Waals surface area contributed by atoms with Crippen LogP contribution in [-0.4, -0.2) is 41.7 Å². The Hall–Kier alpha value is -4.69. The van der Waals surface area contributed by atoms with Crippen LogP contribution < -0.4 is 27.0 Å². The van der Waals surface area contributed by atoms with Crippen LogP contribution in [0.25, 0.3) is 28.1 Å². The van der Waals surface area contributed by atoms with Crippen molar-refractivity contribution in [3.8, 4) is 17.1 Å². The molecule has 8 heteroatoms. The molecular weight excluding hydrogens is 496 g/mol. The Morgan fingerprint density at radius 2 is 1.52 bits per heavy atom. The van der Waals surface area contributed by atoms with Gasteiger partial charge in [0.05, 0.1) is 33.5 Å². The van der Waals surface area contributed by atoms with Crippen LogP contribution in [0.5, 0.6) is 0 Å². The van der Waals surface area contributed by atoms with Crippen molar-refractivity contribution in [2.45, 2.75) is 19.3 Å². The fourth-order valence-electron chi connectivity index (χ4n) is 4.73. The summed E-state index contributed by atoms with van der Waals surface area (Å²) in [5.74, 6) is 0.0302. The van der Waals surface area contributed by atoms with Crippen molar-refractivity contribution in [3.05, 3.63) is 102 Å². The molecule has 0 spiro atoms. The van der Waals surface area contributed by atoms with Crippen molar-refractivity contribution >= 4 is 28.4 Å². The molecule has 0 bridgehead atoms. The molecule has 6 N–H and O–H groups in total. The molecule has 0 fully saturated rings. The number of anilines is 2. The maximum atomic E-state index is 7.20. The van der Waals surface area contributed by atoms with Gasteiger partial charge in [0.25, 0.3) is 0 Å². The van der Waals surface area contributed by atoms with E-state index in [0.29, 0.717) is 6.54 Å². The van der Waals surface area contributed by atoms with E-state index in [1.165, 1.54) is 0 Å². The summed E-state index contributed by atoms with van der Waals surface area (Å²) in [5.41, 5.74) is 12.3. The molecule has 0 amide bonds. The van der Waals surface area contributed by atoms with Crippen LogP contribution in [0.2, 0.25) is 0 Å². The highest BCUT2D eigenvalue weighted by atomic mass is 15.0. The minimum atomic E-state index is 0.0302. The Kier molecular flexibility index (Phi) is 9.01. The van der Waals surface area contributed by atoms with E-state index in [1.54, 1.807) is 0 Å². The van der Waals surface area contributed by atoms with Gasteiger partial charge in [0.1, 0.15) is 0 Å². The highest BCUT2D eigenvalue weighted by Crippen LogP contribution is 2.30. The first-order valence-corrected chi connectivity index (χ1v) is 13.8. The van der Waals surface area contributed by atoms with Crippen LogP contribution in [-0.2, 0) is 0 Å². The molecule has 0 radical (unpaired) electrons. The number of para-hydroxylation sites is 4. The van der Waals surface area contributed by atoms with Gasteiger partial charge in [-0.1, -0.05) is 48.5 Å². The maximum absolute atomic E-state index is 7.20. The molecule has 3 aromatic carbocycles. The summed E-state index contributed by atoms with van der Waals surface area (Å²) in [4.78, 5) is 10.1. The summed E-state index contributed by atoms with van der Waals surface area (Å²) in [6.45, 7) is 3.28. The number of nitrogens with two attached hydrogens (primary N) is 1. The van der Waals surface area contributed by atoms with Gasteiger partial charge < -0.3 is 26.3 Å². The zero-order valence-electron chi connectivity index (χ0n) is 22.6. The third kappa shape index (κ3) is 6.84. The van der Waals surface area contributed by atoms with E-state index in [1.807, 2.05) is 30.3 Å². The normalized spacial score (nSPS) is 11.7. The smallest absolute Gasteiger partial charge is 0.185 e. The van der Waals surface area contributed by atoms with E-state index >= 15 is 0 Å². The average Bonchev–Trinajstić information content (AvgIpc) is 2.98. The van der Waals surface area contributed by atoms with E-state index in [9.17, 15) is 0 Å². The summed E-state index contributed by atoms with van der Waals surface area (Å²) in [6, 6.07) is 33.1. The van der Waals surface area contributed by atoms with Crippen LogP contribution in [0.15, 0.2) is 102 Å². The third-order valence-electron chi connectivity index (χ3n) is 6.65. The van der Waals surface area contributed by atoms with Gasteiger partial charge in [-0.2, -0.15) is 0 Å². The fourth-order valence-corrected chi connectivity index (χ4v) is 4.73. The Labute approximate surface area is 234 Å². The minimum absolute atomic E-state index is 0.0302. The van der Waals surface area contributed by atoms with Crippen LogP contribution in [0.1, 0.15) is 19.3 Å². The molecule has 1 aliphatic heterocycles. The molecule has 8 nitrogen and oxygen atoms in total. The van der Waals surface area contributed by atoms with E-state index in [2.05, 4.69) is 87.2 Å². The number of hydrogen-bond donors (Lipinski definition) is 5. The highest BCUT2D eigenvalue weighted by Gasteiger charge is 2.16. The Balaban J connectivity index is 1.43. The quantitative estimate of drug-likeness (QED) is 0.0670. The molecule has 2 aliphatic rings. The third-order valence-corrected chi connectivity index (χ3v) is 6.65. The Morgan fingerprint density at radius 1 is 0.825 bits per heavy atom. The molecule has 5 rings (SSSR count). The average molecular weight is 533 g/mol. The lowest BCUT2D eigenvalue weighted by Gasteiger charge is -2.20. The number of guanidine groups is 1. The number of unbranched alkanes of at least 4 members (excludes halogenated alkanes) is 1. The van der Waals surface area contributed by atoms with Crippen molar-refractivity contribution in [2.75, 3.05) is 31.5 Å². The largest absolute Gasteiger partial charge is 0.370 e. The molecule has 40 heavy (non-hydrogen) atoms. The van der Waals surface area contributed by atoms with Gasteiger partial charge in [-0.05, 0) is 80.9 Å². The first kappa shape index (κ1) is 26.9. The predicted octanol–water partition coefficient (Wildman–Crippen LogP) is 5.02. The van der Waals surface area contributed by atoms with Crippen LogP contribution >= 0.6 is 0 Å². The van der Waals surface area contributed by atoms with Gasteiger partial charge in [-0.25, -0.2) is 4.98 Å². The van der Waals surface area contributed by atoms with E-state index in [4.69, 9.17) is 21.1 Å². The number of rotatable bonds is 12. The Morgan fingerprint density at radius 3 is 2.33 bits per heavy atom. The first-order valence-electron chi connectivity index (χ1n) is 13.8. The van der Waals surface area contributed by atoms with Crippen molar-refractivity contribution in [1.29, 1.82) is 5.41 Å². The predicted molar refractivity (Wildman–Crippen MR) is 164 cm³/mol. The summed E-state index contributed by atoms with van der Waals surface area (Å²) in [6.07, 6.45) is 2.95. The van der Waals surface area contributed by atoms with Gasteiger partial charge in [0.15, 0.2) is 5.96 Å².